The van der Waals surface area contributed by atoms with E-state index in [1.54, 1.807) is 0 Å². The molecule has 0 unspecified atom stereocenters. The van der Waals surface area contributed by atoms with E-state index in [0.717, 1.165) is 100 Å². The summed E-state index contributed by atoms with van der Waals surface area (Å²) in [5, 5.41) is 17.2. The second-order valence-electron chi connectivity index (χ2n) is 17.4. The van der Waals surface area contributed by atoms with Crippen molar-refractivity contribution < 1.29 is 8.83 Å². The minimum atomic E-state index is 0.476. The molecule has 0 bridgehead atoms. The van der Waals surface area contributed by atoms with E-state index in [4.69, 9.17) is 18.8 Å². The van der Waals surface area contributed by atoms with Crippen LogP contribution in [-0.2, 0) is 0 Å². The monoisotopic (exact) mass is 902 g/mol. The summed E-state index contributed by atoms with van der Waals surface area (Å²) in [6.07, 6.45) is 0. The van der Waals surface area contributed by atoms with Crippen molar-refractivity contribution >= 4 is 11.0 Å². The number of aryl methyl sites for hydroxylation is 2. The van der Waals surface area contributed by atoms with Gasteiger partial charge in [-0.2, -0.15) is 0 Å². The van der Waals surface area contributed by atoms with Crippen molar-refractivity contribution in [3.63, 3.8) is 0 Å². The molecule has 0 aliphatic heterocycles. The lowest BCUT2D eigenvalue weighted by Crippen LogP contribution is -1.97. The normalized spacial score (nSPS) is 11.3. The highest BCUT2D eigenvalue weighted by atomic mass is 16.4. The lowest BCUT2D eigenvalue weighted by molar-refractivity contribution is 0.584. The highest BCUT2D eigenvalue weighted by molar-refractivity contribution is 5.96. The van der Waals surface area contributed by atoms with E-state index in [1.165, 1.54) is 11.1 Å². The van der Waals surface area contributed by atoms with Gasteiger partial charge in [0.15, 0.2) is 0 Å². The maximum Gasteiger partial charge on any atom is 0.248 e. The largest absolute Gasteiger partial charge is 0.416 e. The zero-order valence-corrected chi connectivity index (χ0v) is 38.3. The Morgan fingerprint density at radius 1 is 0.257 bits per heavy atom. The predicted molar refractivity (Wildman–Crippen MR) is 279 cm³/mol. The van der Waals surface area contributed by atoms with Crippen molar-refractivity contribution in [1.29, 1.82) is 0 Å². The first-order chi connectivity index (χ1) is 34.5. The molecular weight excluding hydrogens is 861 g/mol. The van der Waals surface area contributed by atoms with E-state index >= 15 is 0 Å². The van der Waals surface area contributed by atoms with E-state index in [0.29, 0.717) is 23.6 Å². The quantitative estimate of drug-likeness (QED) is 0.134. The van der Waals surface area contributed by atoms with Gasteiger partial charge in [-0.1, -0.05) is 169 Å². The van der Waals surface area contributed by atoms with Crippen molar-refractivity contribution in [2.24, 2.45) is 0 Å². The molecule has 0 N–H and O–H groups in total. The number of nitrogens with zero attached hydrogens (tertiary/aromatic N) is 6. The zero-order chi connectivity index (χ0) is 47.0. The van der Waals surface area contributed by atoms with Crippen molar-refractivity contribution in [1.82, 2.24) is 30.4 Å². The Morgan fingerprint density at radius 3 is 0.829 bits per heavy atom. The van der Waals surface area contributed by atoms with Crippen LogP contribution in [0.3, 0.4) is 0 Å². The van der Waals surface area contributed by atoms with E-state index in [9.17, 15) is 0 Å². The first kappa shape index (κ1) is 42.0. The van der Waals surface area contributed by atoms with Crippen LogP contribution in [0, 0.1) is 13.8 Å². The third-order valence-corrected chi connectivity index (χ3v) is 12.7. The van der Waals surface area contributed by atoms with Gasteiger partial charge in [0.1, 0.15) is 0 Å². The average Bonchev–Trinajstić information content (AvgIpc) is 4.14. The van der Waals surface area contributed by atoms with Crippen molar-refractivity contribution in [2.45, 2.75) is 13.8 Å². The van der Waals surface area contributed by atoms with E-state index in [1.807, 2.05) is 84.9 Å². The van der Waals surface area contributed by atoms with Crippen molar-refractivity contribution in [3.8, 4) is 113 Å². The Bertz CT molecular complexity index is 3520. The van der Waals surface area contributed by atoms with Gasteiger partial charge in [-0.25, -0.2) is 9.97 Å². The summed E-state index contributed by atoms with van der Waals surface area (Å²) in [5.74, 6) is 1.93. The van der Waals surface area contributed by atoms with Gasteiger partial charge in [0.2, 0.25) is 23.6 Å². The van der Waals surface area contributed by atoms with E-state index in [2.05, 4.69) is 168 Å². The standard InChI is InChI=1S/C62H42N6O2/c1-39-13-17-45(18-14-39)53-37-55-56(38-54(53)46-19-15-40(2)16-20-46)64-58(48-31-23-42(24-32-48)44-27-35-52(36-28-44)62-68-66-60(70-62)50-11-7-4-8-12-50)57(63-55)47-29-21-41(22-30-47)43-25-33-51(34-26-43)61-67-65-59(69-61)49-9-5-3-6-10-49/h3-38H,1-2H3. The molecule has 0 spiro atoms. The van der Waals surface area contributed by atoms with E-state index in [-0.39, 0.29) is 0 Å². The molecule has 3 heterocycles. The van der Waals surface area contributed by atoms with Crippen LogP contribution in [0.5, 0.6) is 0 Å². The highest BCUT2D eigenvalue weighted by Gasteiger charge is 2.19. The summed E-state index contributed by atoms with van der Waals surface area (Å²) in [6.45, 7) is 4.23. The van der Waals surface area contributed by atoms with Crippen LogP contribution in [0.2, 0.25) is 0 Å². The number of hydrogen-bond donors (Lipinski definition) is 0. The Labute approximate surface area is 404 Å². The number of aromatic nitrogens is 6. The fraction of sp³-hybridized carbons (Fsp3) is 0.0323. The molecule has 8 nitrogen and oxygen atoms in total. The number of benzene rings is 9. The van der Waals surface area contributed by atoms with Crippen LogP contribution in [0.1, 0.15) is 11.1 Å². The summed E-state index contributed by atoms with van der Waals surface area (Å²) in [7, 11) is 0. The lowest BCUT2D eigenvalue weighted by atomic mass is 9.92. The first-order valence-corrected chi connectivity index (χ1v) is 23.2. The summed E-state index contributed by atoms with van der Waals surface area (Å²) < 4.78 is 12.1. The van der Waals surface area contributed by atoms with Gasteiger partial charge in [-0.3, -0.25) is 0 Å². The lowest BCUT2D eigenvalue weighted by Gasteiger charge is -2.16. The Hall–Kier alpha value is -9.40. The minimum Gasteiger partial charge on any atom is -0.416 e. The summed E-state index contributed by atoms with van der Waals surface area (Å²) >= 11 is 0. The molecule has 0 fully saturated rings. The van der Waals surface area contributed by atoms with Crippen LogP contribution >= 0.6 is 0 Å². The molecule has 0 aliphatic carbocycles. The van der Waals surface area contributed by atoms with Gasteiger partial charge < -0.3 is 8.83 Å². The third-order valence-electron chi connectivity index (χ3n) is 12.7. The maximum absolute atomic E-state index is 6.03. The third kappa shape index (κ3) is 8.35. The number of hydrogen-bond acceptors (Lipinski definition) is 8. The van der Waals surface area contributed by atoms with Crippen molar-refractivity contribution in [3.05, 3.63) is 230 Å². The van der Waals surface area contributed by atoms with Crippen molar-refractivity contribution in [2.75, 3.05) is 0 Å². The summed E-state index contributed by atoms with van der Waals surface area (Å²) in [5.41, 5.74) is 19.7. The minimum absolute atomic E-state index is 0.476. The van der Waals surface area contributed by atoms with Crippen LogP contribution < -0.4 is 0 Å². The van der Waals surface area contributed by atoms with Gasteiger partial charge in [0, 0.05) is 33.4 Å². The summed E-state index contributed by atoms with van der Waals surface area (Å²) in [4.78, 5) is 11.0. The zero-order valence-electron chi connectivity index (χ0n) is 38.3. The average molecular weight is 903 g/mol. The van der Waals surface area contributed by atoms with Crippen LogP contribution in [-0.4, -0.2) is 30.4 Å². The molecular formula is C62H42N6O2. The molecule has 0 saturated carbocycles. The molecule has 0 aliphatic rings. The van der Waals surface area contributed by atoms with Gasteiger partial charge in [-0.15, -0.1) is 20.4 Å². The molecule has 0 atom stereocenters. The smallest absolute Gasteiger partial charge is 0.248 e. The molecule has 12 rings (SSSR count). The Morgan fingerprint density at radius 2 is 0.514 bits per heavy atom. The second kappa shape index (κ2) is 18.0. The Kier molecular flexibility index (Phi) is 10.8. The maximum atomic E-state index is 6.03. The number of rotatable bonds is 10. The van der Waals surface area contributed by atoms with Gasteiger partial charge >= 0.3 is 0 Å². The molecule has 3 aromatic heterocycles. The predicted octanol–water partition coefficient (Wildman–Crippen LogP) is 15.7. The van der Waals surface area contributed by atoms with E-state index < -0.39 is 0 Å². The van der Waals surface area contributed by atoms with Crippen LogP contribution in [0.15, 0.2) is 227 Å². The molecule has 332 valence electrons. The molecule has 0 radical (unpaired) electrons. The molecule has 9 aromatic carbocycles. The molecule has 0 saturated heterocycles. The van der Waals surface area contributed by atoms with Crippen LogP contribution in [0.4, 0.5) is 0 Å². The number of fused-ring (bicyclic) bond motifs is 1. The molecule has 12 aromatic rings. The highest BCUT2D eigenvalue weighted by Crippen LogP contribution is 2.39. The van der Waals surface area contributed by atoms with Crippen LogP contribution in [0.25, 0.3) is 124 Å². The van der Waals surface area contributed by atoms with Gasteiger partial charge in [-0.05, 0) is 119 Å². The Balaban J connectivity index is 0.904. The molecule has 70 heavy (non-hydrogen) atoms. The first-order valence-electron chi connectivity index (χ1n) is 23.2. The fourth-order valence-corrected chi connectivity index (χ4v) is 8.78. The molecule has 8 heteroatoms. The SMILES string of the molecule is Cc1ccc(-c2cc3nc(-c4ccc(-c5ccc(-c6nnc(-c7ccccc7)o6)cc5)cc4)c(-c4ccc(-c5ccc(-c6nnc(-c7ccccc7)o6)cc5)cc4)nc3cc2-c2ccc(C)cc2)cc1. The fourth-order valence-electron chi connectivity index (χ4n) is 8.78. The second-order valence-corrected chi connectivity index (χ2v) is 17.4. The molecule has 0 amide bonds. The topological polar surface area (TPSA) is 104 Å². The van der Waals surface area contributed by atoms with Gasteiger partial charge in [0.25, 0.3) is 0 Å². The summed E-state index contributed by atoms with van der Waals surface area (Å²) in [6, 6.07) is 74.9. The van der Waals surface area contributed by atoms with Gasteiger partial charge in [0.05, 0.1) is 22.4 Å².